The van der Waals surface area contributed by atoms with Crippen LogP contribution in [0.1, 0.15) is 0 Å². The molecule has 2 N–H and O–H groups in total. The van der Waals surface area contributed by atoms with Crippen LogP contribution in [-0.2, 0) is 0 Å². The lowest BCUT2D eigenvalue weighted by molar-refractivity contribution is 1.44. The fourth-order valence-electron chi connectivity index (χ4n) is 0.695. The quantitative estimate of drug-likeness (QED) is 0.579. The first-order valence-corrected chi connectivity index (χ1v) is 4.85. The standard InChI is InChI=1S/C7H8BrNS/c1-10-6-4-2-3-5(8)7(6)9/h2-4H,9H2,1H3. The number of nitrogen functional groups attached to an aromatic ring is 1. The molecule has 0 saturated carbocycles. The van der Waals surface area contributed by atoms with Gasteiger partial charge in [0.1, 0.15) is 0 Å². The number of thioether (sulfide) groups is 1. The third-order valence-corrected chi connectivity index (χ3v) is 2.72. The molecular weight excluding hydrogens is 210 g/mol. The number of nitrogens with two attached hydrogens (primary N) is 1. The molecule has 0 fully saturated rings. The Morgan fingerprint density at radius 1 is 1.50 bits per heavy atom. The Bertz CT molecular complexity index is 237. The van der Waals surface area contributed by atoms with E-state index in [0.717, 1.165) is 15.1 Å². The second-order valence-electron chi connectivity index (χ2n) is 1.86. The predicted molar refractivity (Wildman–Crippen MR) is 50.3 cm³/mol. The van der Waals surface area contributed by atoms with Crippen LogP contribution >= 0.6 is 27.7 Å². The summed E-state index contributed by atoms with van der Waals surface area (Å²) in [5.41, 5.74) is 6.55. The summed E-state index contributed by atoms with van der Waals surface area (Å²) in [6.45, 7) is 0. The summed E-state index contributed by atoms with van der Waals surface area (Å²) >= 11 is 5.00. The van der Waals surface area contributed by atoms with Crippen molar-refractivity contribution < 1.29 is 0 Å². The van der Waals surface area contributed by atoms with Gasteiger partial charge in [-0.25, -0.2) is 0 Å². The van der Waals surface area contributed by atoms with Crippen LogP contribution in [-0.4, -0.2) is 6.26 Å². The van der Waals surface area contributed by atoms with E-state index >= 15 is 0 Å². The molecule has 0 aliphatic heterocycles. The Morgan fingerprint density at radius 3 is 2.70 bits per heavy atom. The molecular formula is C7H8BrNS. The molecule has 1 aromatic rings. The lowest BCUT2D eigenvalue weighted by Crippen LogP contribution is -1.88. The normalized spacial score (nSPS) is 9.80. The molecule has 1 aromatic carbocycles. The molecule has 0 bridgehead atoms. The van der Waals surface area contributed by atoms with E-state index in [1.165, 1.54) is 0 Å². The molecule has 54 valence electrons. The van der Waals surface area contributed by atoms with Gasteiger partial charge in [-0.05, 0) is 34.3 Å². The van der Waals surface area contributed by atoms with Crippen LogP contribution in [0.25, 0.3) is 0 Å². The van der Waals surface area contributed by atoms with Crippen molar-refractivity contribution in [2.24, 2.45) is 0 Å². The first-order chi connectivity index (χ1) is 4.75. The molecule has 0 amide bonds. The number of para-hydroxylation sites is 1. The Labute approximate surface area is 73.1 Å². The van der Waals surface area contributed by atoms with Crippen molar-refractivity contribution in [1.29, 1.82) is 0 Å². The van der Waals surface area contributed by atoms with Crippen molar-refractivity contribution in [1.82, 2.24) is 0 Å². The Balaban J connectivity index is 3.14. The first-order valence-electron chi connectivity index (χ1n) is 2.83. The van der Waals surface area contributed by atoms with Crippen LogP contribution in [0.5, 0.6) is 0 Å². The highest BCUT2D eigenvalue weighted by Gasteiger charge is 1.98. The Kier molecular flexibility index (Phi) is 2.63. The van der Waals surface area contributed by atoms with Crippen LogP contribution in [0, 0.1) is 0 Å². The summed E-state index contributed by atoms with van der Waals surface area (Å²) in [4.78, 5) is 1.12. The van der Waals surface area contributed by atoms with Crippen LogP contribution < -0.4 is 5.73 Å². The topological polar surface area (TPSA) is 26.0 Å². The van der Waals surface area contributed by atoms with Crippen molar-refractivity contribution in [3.63, 3.8) is 0 Å². The minimum absolute atomic E-state index is 0.829. The van der Waals surface area contributed by atoms with E-state index in [-0.39, 0.29) is 0 Å². The highest BCUT2D eigenvalue weighted by atomic mass is 79.9. The van der Waals surface area contributed by atoms with Crippen LogP contribution in [0.15, 0.2) is 27.6 Å². The highest BCUT2D eigenvalue weighted by molar-refractivity contribution is 9.10. The summed E-state index contributed by atoms with van der Waals surface area (Å²) in [5.74, 6) is 0. The van der Waals surface area contributed by atoms with Gasteiger partial charge >= 0.3 is 0 Å². The van der Waals surface area contributed by atoms with E-state index in [1.807, 2.05) is 24.5 Å². The number of benzene rings is 1. The Morgan fingerprint density at radius 2 is 2.20 bits per heavy atom. The van der Waals surface area contributed by atoms with E-state index in [2.05, 4.69) is 15.9 Å². The molecule has 0 aliphatic carbocycles. The number of rotatable bonds is 1. The molecule has 1 nitrogen and oxygen atoms in total. The lowest BCUT2D eigenvalue weighted by atomic mass is 10.3. The monoisotopic (exact) mass is 217 g/mol. The van der Waals surface area contributed by atoms with E-state index in [0.29, 0.717) is 0 Å². The van der Waals surface area contributed by atoms with Crippen molar-refractivity contribution in [3.8, 4) is 0 Å². The average molecular weight is 218 g/mol. The zero-order valence-corrected chi connectivity index (χ0v) is 8.00. The summed E-state index contributed by atoms with van der Waals surface area (Å²) in [6.07, 6.45) is 2.01. The maximum absolute atomic E-state index is 5.73. The van der Waals surface area contributed by atoms with E-state index < -0.39 is 0 Å². The van der Waals surface area contributed by atoms with Gasteiger partial charge in [-0.2, -0.15) is 0 Å². The van der Waals surface area contributed by atoms with Gasteiger partial charge in [0.25, 0.3) is 0 Å². The maximum atomic E-state index is 5.73. The molecule has 0 saturated heterocycles. The van der Waals surface area contributed by atoms with Crippen molar-refractivity contribution in [2.75, 3.05) is 12.0 Å². The number of anilines is 1. The Hall–Kier alpha value is -0.150. The summed E-state index contributed by atoms with van der Waals surface area (Å²) in [5, 5.41) is 0. The fourth-order valence-corrected chi connectivity index (χ4v) is 1.74. The largest absolute Gasteiger partial charge is 0.397 e. The molecule has 0 aromatic heterocycles. The molecule has 0 heterocycles. The molecule has 0 radical (unpaired) electrons. The summed E-state index contributed by atoms with van der Waals surface area (Å²) < 4.78 is 0.972. The molecule has 0 spiro atoms. The van der Waals surface area contributed by atoms with Gasteiger partial charge < -0.3 is 5.73 Å². The SMILES string of the molecule is CSc1cccc(Br)c1N. The van der Waals surface area contributed by atoms with Gasteiger partial charge in [-0.15, -0.1) is 11.8 Å². The van der Waals surface area contributed by atoms with Gasteiger partial charge in [0.15, 0.2) is 0 Å². The molecule has 1 rings (SSSR count). The van der Waals surface area contributed by atoms with Crippen molar-refractivity contribution in [3.05, 3.63) is 22.7 Å². The van der Waals surface area contributed by atoms with E-state index in [1.54, 1.807) is 11.8 Å². The van der Waals surface area contributed by atoms with Crippen LogP contribution in [0.4, 0.5) is 5.69 Å². The molecule has 0 aliphatic rings. The first kappa shape index (κ1) is 7.95. The van der Waals surface area contributed by atoms with Crippen molar-refractivity contribution in [2.45, 2.75) is 4.90 Å². The second-order valence-corrected chi connectivity index (χ2v) is 3.56. The van der Waals surface area contributed by atoms with Gasteiger partial charge in [0.05, 0.1) is 5.69 Å². The summed E-state index contributed by atoms with van der Waals surface area (Å²) in [6, 6.07) is 5.92. The van der Waals surface area contributed by atoms with Gasteiger partial charge in [-0.3, -0.25) is 0 Å². The zero-order valence-electron chi connectivity index (χ0n) is 5.60. The van der Waals surface area contributed by atoms with Gasteiger partial charge in [0, 0.05) is 9.37 Å². The van der Waals surface area contributed by atoms with E-state index in [9.17, 15) is 0 Å². The maximum Gasteiger partial charge on any atom is 0.0596 e. The number of hydrogen-bond acceptors (Lipinski definition) is 2. The van der Waals surface area contributed by atoms with E-state index in [4.69, 9.17) is 5.73 Å². The minimum Gasteiger partial charge on any atom is -0.397 e. The highest BCUT2D eigenvalue weighted by Crippen LogP contribution is 2.28. The molecule has 0 unspecified atom stereocenters. The number of halogens is 1. The summed E-state index contributed by atoms with van der Waals surface area (Å²) in [7, 11) is 0. The third kappa shape index (κ3) is 1.47. The number of hydrogen-bond donors (Lipinski definition) is 1. The second kappa shape index (κ2) is 3.30. The molecule has 0 atom stereocenters. The predicted octanol–water partition coefficient (Wildman–Crippen LogP) is 2.75. The lowest BCUT2D eigenvalue weighted by Gasteiger charge is -2.02. The molecule has 10 heavy (non-hydrogen) atoms. The zero-order chi connectivity index (χ0) is 7.56. The van der Waals surface area contributed by atoms with Gasteiger partial charge in [-0.1, -0.05) is 6.07 Å². The van der Waals surface area contributed by atoms with Crippen LogP contribution in [0.2, 0.25) is 0 Å². The molecule has 3 heteroatoms. The van der Waals surface area contributed by atoms with Gasteiger partial charge in [0.2, 0.25) is 0 Å². The fraction of sp³-hybridized carbons (Fsp3) is 0.143. The smallest absolute Gasteiger partial charge is 0.0596 e. The average Bonchev–Trinajstić information content (AvgIpc) is 1.95. The van der Waals surface area contributed by atoms with Crippen LogP contribution in [0.3, 0.4) is 0 Å². The minimum atomic E-state index is 0.829. The third-order valence-electron chi connectivity index (χ3n) is 1.23. The van der Waals surface area contributed by atoms with Crippen molar-refractivity contribution >= 4 is 33.4 Å².